The van der Waals surface area contributed by atoms with Gasteiger partial charge in [-0.15, -0.1) is 0 Å². The zero-order chi connectivity index (χ0) is 23.5. The third kappa shape index (κ3) is 4.55. The topological polar surface area (TPSA) is 52.6 Å². The molecule has 0 radical (unpaired) electrons. The quantitative estimate of drug-likeness (QED) is 0.583. The molecule has 6 heteroatoms. The van der Waals surface area contributed by atoms with Crippen LogP contribution in [0, 0.1) is 0 Å². The SMILES string of the molecule is CCC(C(=O)N1CCc2nc(-c3ccccc3)nc(N3CCN(C)CC3)c2C1)c1ccccc1. The van der Waals surface area contributed by atoms with Gasteiger partial charge in [0.2, 0.25) is 5.91 Å². The molecule has 0 saturated carbocycles. The number of fused-ring (bicyclic) bond motifs is 1. The minimum atomic E-state index is -0.112. The minimum Gasteiger partial charge on any atom is -0.354 e. The smallest absolute Gasteiger partial charge is 0.230 e. The summed E-state index contributed by atoms with van der Waals surface area (Å²) in [7, 11) is 2.16. The van der Waals surface area contributed by atoms with Crippen LogP contribution in [0.2, 0.25) is 0 Å². The summed E-state index contributed by atoms with van der Waals surface area (Å²) in [6.45, 7) is 7.25. The van der Waals surface area contributed by atoms with E-state index in [0.717, 1.165) is 73.0 Å². The first-order valence-corrected chi connectivity index (χ1v) is 12.4. The van der Waals surface area contributed by atoms with E-state index in [0.29, 0.717) is 13.1 Å². The molecule has 0 N–H and O–H groups in total. The Bertz CT molecular complexity index is 1130. The van der Waals surface area contributed by atoms with Crippen molar-refractivity contribution in [1.82, 2.24) is 19.8 Å². The van der Waals surface area contributed by atoms with Crippen molar-refractivity contribution in [3.63, 3.8) is 0 Å². The number of hydrogen-bond acceptors (Lipinski definition) is 5. The highest BCUT2D eigenvalue weighted by atomic mass is 16.2. The number of piperazine rings is 1. The van der Waals surface area contributed by atoms with Gasteiger partial charge in [-0.1, -0.05) is 67.6 Å². The van der Waals surface area contributed by atoms with E-state index in [1.54, 1.807) is 0 Å². The zero-order valence-corrected chi connectivity index (χ0v) is 20.2. The summed E-state index contributed by atoms with van der Waals surface area (Å²) in [5.74, 6) is 1.88. The third-order valence-corrected chi connectivity index (χ3v) is 7.09. The first-order valence-electron chi connectivity index (χ1n) is 12.4. The summed E-state index contributed by atoms with van der Waals surface area (Å²) >= 11 is 0. The standard InChI is InChI=1S/C28H33N5O/c1-3-23(21-10-6-4-7-11-21)28(34)33-15-14-25-24(20-33)27(32-18-16-31(2)17-19-32)30-26(29-25)22-12-8-5-9-13-22/h4-13,23H,3,14-20H2,1-2H3. The van der Waals surface area contributed by atoms with Crippen LogP contribution in [-0.2, 0) is 17.8 Å². The molecule has 1 saturated heterocycles. The number of hydrogen-bond donors (Lipinski definition) is 0. The molecule has 0 spiro atoms. The largest absolute Gasteiger partial charge is 0.354 e. The number of anilines is 1. The van der Waals surface area contributed by atoms with Crippen LogP contribution in [0.3, 0.4) is 0 Å². The van der Waals surface area contributed by atoms with Crippen molar-refractivity contribution in [2.45, 2.75) is 32.2 Å². The van der Waals surface area contributed by atoms with E-state index in [1.165, 1.54) is 0 Å². The molecule has 6 nitrogen and oxygen atoms in total. The van der Waals surface area contributed by atoms with Crippen LogP contribution >= 0.6 is 0 Å². The fourth-order valence-electron chi connectivity index (χ4n) is 5.04. The molecule has 0 bridgehead atoms. The molecular weight excluding hydrogens is 422 g/mol. The van der Waals surface area contributed by atoms with Gasteiger partial charge < -0.3 is 14.7 Å². The lowest BCUT2D eigenvalue weighted by atomic mass is 9.93. The summed E-state index contributed by atoms with van der Waals surface area (Å²) in [6.07, 6.45) is 1.55. The van der Waals surface area contributed by atoms with Crippen LogP contribution in [0.1, 0.15) is 36.1 Å². The van der Waals surface area contributed by atoms with Gasteiger partial charge in [0.1, 0.15) is 5.82 Å². The molecule has 2 aliphatic heterocycles. The Labute approximate surface area is 202 Å². The highest BCUT2D eigenvalue weighted by Crippen LogP contribution is 2.32. The maximum atomic E-state index is 13.6. The molecule has 1 fully saturated rings. The first-order chi connectivity index (χ1) is 16.6. The molecule has 2 aromatic carbocycles. The van der Waals surface area contributed by atoms with Crippen molar-refractivity contribution in [2.75, 3.05) is 44.7 Å². The van der Waals surface area contributed by atoms with Gasteiger partial charge in [-0.3, -0.25) is 4.79 Å². The van der Waals surface area contributed by atoms with Crippen molar-refractivity contribution in [3.05, 3.63) is 77.5 Å². The molecule has 1 unspecified atom stereocenters. The van der Waals surface area contributed by atoms with Crippen LogP contribution in [-0.4, -0.2) is 65.4 Å². The van der Waals surface area contributed by atoms with Crippen LogP contribution in [0.25, 0.3) is 11.4 Å². The Kier molecular flexibility index (Phi) is 6.59. The number of carbonyl (C=O) groups is 1. The number of nitrogens with zero attached hydrogens (tertiary/aromatic N) is 5. The molecule has 2 aliphatic rings. The molecule has 1 amide bonds. The van der Waals surface area contributed by atoms with Crippen LogP contribution in [0.5, 0.6) is 0 Å². The predicted octanol–water partition coefficient (Wildman–Crippen LogP) is 3.97. The second kappa shape index (κ2) is 9.94. The molecule has 176 valence electrons. The number of benzene rings is 2. The fourth-order valence-corrected chi connectivity index (χ4v) is 5.04. The van der Waals surface area contributed by atoms with Gasteiger partial charge in [0.05, 0.1) is 18.2 Å². The molecule has 3 aromatic rings. The van der Waals surface area contributed by atoms with E-state index >= 15 is 0 Å². The highest BCUT2D eigenvalue weighted by molar-refractivity contribution is 5.84. The van der Waals surface area contributed by atoms with Crippen molar-refractivity contribution >= 4 is 11.7 Å². The summed E-state index contributed by atoms with van der Waals surface area (Å²) < 4.78 is 0. The van der Waals surface area contributed by atoms with E-state index < -0.39 is 0 Å². The average molecular weight is 456 g/mol. The molecule has 0 aliphatic carbocycles. The van der Waals surface area contributed by atoms with Crippen molar-refractivity contribution in [3.8, 4) is 11.4 Å². The Hall–Kier alpha value is -3.25. The van der Waals surface area contributed by atoms with Gasteiger partial charge in [0, 0.05) is 50.3 Å². The maximum Gasteiger partial charge on any atom is 0.230 e. The number of aromatic nitrogens is 2. The second-order valence-corrected chi connectivity index (χ2v) is 9.33. The van der Waals surface area contributed by atoms with E-state index in [9.17, 15) is 4.79 Å². The highest BCUT2D eigenvalue weighted by Gasteiger charge is 2.31. The van der Waals surface area contributed by atoms with Crippen molar-refractivity contribution < 1.29 is 4.79 Å². The monoisotopic (exact) mass is 455 g/mol. The summed E-state index contributed by atoms with van der Waals surface area (Å²) in [5, 5.41) is 0. The average Bonchev–Trinajstić information content (AvgIpc) is 2.90. The Morgan fingerprint density at radius 1 is 0.912 bits per heavy atom. The van der Waals surface area contributed by atoms with E-state index in [2.05, 4.69) is 48.0 Å². The summed E-state index contributed by atoms with van der Waals surface area (Å²) in [6, 6.07) is 20.4. The number of likely N-dealkylation sites (N-methyl/N-ethyl adjacent to an activating group) is 1. The zero-order valence-electron chi connectivity index (χ0n) is 20.2. The predicted molar refractivity (Wildman–Crippen MR) is 136 cm³/mol. The Morgan fingerprint density at radius 3 is 2.26 bits per heavy atom. The third-order valence-electron chi connectivity index (χ3n) is 7.09. The van der Waals surface area contributed by atoms with Crippen molar-refractivity contribution in [2.24, 2.45) is 0 Å². The van der Waals surface area contributed by atoms with Gasteiger partial charge in [-0.05, 0) is 19.0 Å². The number of carbonyl (C=O) groups excluding carboxylic acids is 1. The molecule has 5 rings (SSSR count). The van der Waals surface area contributed by atoms with Gasteiger partial charge >= 0.3 is 0 Å². The Balaban J connectivity index is 1.48. The molecule has 1 aromatic heterocycles. The molecule has 34 heavy (non-hydrogen) atoms. The van der Waals surface area contributed by atoms with Crippen LogP contribution < -0.4 is 4.90 Å². The normalized spacial score (nSPS) is 17.4. The summed E-state index contributed by atoms with van der Waals surface area (Å²) in [4.78, 5) is 30.4. The van der Waals surface area contributed by atoms with Gasteiger partial charge in [-0.2, -0.15) is 0 Å². The second-order valence-electron chi connectivity index (χ2n) is 9.33. The molecule has 1 atom stereocenters. The lowest BCUT2D eigenvalue weighted by Crippen LogP contribution is -2.46. The van der Waals surface area contributed by atoms with Crippen LogP contribution in [0.4, 0.5) is 5.82 Å². The van der Waals surface area contributed by atoms with Gasteiger partial charge in [0.15, 0.2) is 5.82 Å². The first kappa shape index (κ1) is 22.5. The van der Waals surface area contributed by atoms with E-state index in [-0.39, 0.29) is 11.8 Å². The lowest BCUT2D eigenvalue weighted by Gasteiger charge is -2.37. The lowest BCUT2D eigenvalue weighted by molar-refractivity contribution is -0.133. The van der Waals surface area contributed by atoms with E-state index in [1.807, 2.05) is 41.3 Å². The summed E-state index contributed by atoms with van der Waals surface area (Å²) in [5.41, 5.74) is 4.33. The molecule has 3 heterocycles. The van der Waals surface area contributed by atoms with Gasteiger partial charge in [-0.25, -0.2) is 9.97 Å². The molecular formula is C28H33N5O. The maximum absolute atomic E-state index is 13.6. The number of rotatable bonds is 5. The van der Waals surface area contributed by atoms with Gasteiger partial charge in [0.25, 0.3) is 0 Å². The number of amides is 1. The minimum absolute atomic E-state index is 0.112. The fraction of sp³-hybridized carbons (Fsp3) is 0.393. The van der Waals surface area contributed by atoms with Crippen molar-refractivity contribution in [1.29, 1.82) is 0 Å². The Morgan fingerprint density at radius 2 is 1.59 bits per heavy atom. The van der Waals surface area contributed by atoms with Crippen LogP contribution in [0.15, 0.2) is 60.7 Å². The van der Waals surface area contributed by atoms with E-state index in [4.69, 9.17) is 9.97 Å².